The summed E-state index contributed by atoms with van der Waals surface area (Å²) in [5, 5.41) is 4.22. The van der Waals surface area contributed by atoms with Gasteiger partial charge in [-0.3, -0.25) is 0 Å². The zero-order chi connectivity index (χ0) is 14.7. The van der Waals surface area contributed by atoms with E-state index in [0.717, 1.165) is 42.4 Å². The first-order valence-corrected chi connectivity index (χ1v) is 7.56. The van der Waals surface area contributed by atoms with Crippen LogP contribution in [0.3, 0.4) is 0 Å². The van der Waals surface area contributed by atoms with Crippen molar-refractivity contribution in [2.75, 3.05) is 30.4 Å². The van der Waals surface area contributed by atoms with E-state index in [4.69, 9.17) is 16.3 Å². The highest BCUT2D eigenvalue weighted by Gasteiger charge is 2.16. The van der Waals surface area contributed by atoms with Gasteiger partial charge in [0.2, 0.25) is 0 Å². The quantitative estimate of drug-likeness (QED) is 0.921. The van der Waals surface area contributed by atoms with Crippen molar-refractivity contribution in [1.29, 1.82) is 0 Å². The van der Waals surface area contributed by atoms with E-state index >= 15 is 0 Å². The van der Waals surface area contributed by atoms with Crippen molar-refractivity contribution >= 4 is 23.0 Å². The molecule has 1 heterocycles. The van der Waals surface area contributed by atoms with Gasteiger partial charge < -0.3 is 15.0 Å². The summed E-state index contributed by atoms with van der Waals surface area (Å²) in [4.78, 5) is 2.38. The molecule has 21 heavy (non-hydrogen) atoms. The number of rotatable bonds is 3. The van der Waals surface area contributed by atoms with Crippen LogP contribution in [0.2, 0.25) is 5.02 Å². The Bertz CT molecular complexity index is 630. The van der Waals surface area contributed by atoms with E-state index in [2.05, 4.69) is 34.5 Å². The minimum absolute atomic E-state index is 0.743. The van der Waals surface area contributed by atoms with Crippen LogP contribution in [0.15, 0.2) is 42.5 Å². The topological polar surface area (TPSA) is 24.5 Å². The van der Waals surface area contributed by atoms with E-state index < -0.39 is 0 Å². The number of hydrogen-bond acceptors (Lipinski definition) is 3. The maximum Gasteiger partial charge on any atom is 0.123 e. The number of fused-ring (bicyclic) bond motifs is 1. The van der Waals surface area contributed by atoms with Crippen molar-refractivity contribution in [3.8, 4) is 5.75 Å². The molecule has 4 heteroatoms. The van der Waals surface area contributed by atoms with E-state index in [1.165, 1.54) is 11.4 Å². The van der Waals surface area contributed by atoms with Crippen LogP contribution >= 0.6 is 11.6 Å². The largest absolute Gasteiger partial charge is 0.496 e. The van der Waals surface area contributed by atoms with Gasteiger partial charge in [0, 0.05) is 30.2 Å². The van der Waals surface area contributed by atoms with Crippen LogP contribution in [0, 0.1) is 0 Å². The summed E-state index contributed by atoms with van der Waals surface area (Å²) in [6.07, 6.45) is 1.11. The summed E-state index contributed by atoms with van der Waals surface area (Å²) in [5.74, 6) is 0.883. The van der Waals surface area contributed by atoms with E-state index in [1.807, 2.05) is 18.2 Å². The Labute approximate surface area is 130 Å². The van der Waals surface area contributed by atoms with Gasteiger partial charge in [0.05, 0.1) is 18.5 Å². The van der Waals surface area contributed by atoms with Crippen molar-refractivity contribution in [2.24, 2.45) is 0 Å². The monoisotopic (exact) mass is 302 g/mol. The first-order valence-electron chi connectivity index (χ1n) is 7.18. The fourth-order valence-electron chi connectivity index (χ4n) is 2.75. The molecule has 0 aromatic heterocycles. The molecule has 0 spiro atoms. The second-order valence-corrected chi connectivity index (χ2v) is 5.61. The normalized spacial score (nSPS) is 14.1. The van der Waals surface area contributed by atoms with E-state index in [9.17, 15) is 0 Å². The number of methoxy groups -OCH3 is 1. The molecule has 0 amide bonds. The molecule has 3 rings (SSSR count). The lowest BCUT2D eigenvalue weighted by molar-refractivity contribution is 0.409. The second kappa shape index (κ2) is 6.27. The van der Waals surface area contributed by atoms with Crippen LogP contribution < -0.4 is 15.0 Å². The highest BCUT2D eigenvalue weighted by atomic mass is 35.5. The Balaban J connectivity index is 1.93. The average molecular weight is 303 g/mol. The molecular formula is C17H19ClN2O. The molecule has 2 aromatic carbocycles. The van der Waals surface area contributed by atoms with Gasteiger partial charge in [-0.25, -0.2) is 0 Å². The van der Waals surface area contributed by atoms with Crippen molar-refractivity contribution in [2.45, 2.75) is 13.0 Å². The van der Waals surface area contributed by atoms with Crippen LogP contribution in [0.1, 0.15) is 12.0 Å². The SMILES string of the molecule is COc1ccc(Cl)cc1CN1CCCNc2ccccc21. The lowest BCUT2D eigenvalue weighted by Gasteiger charge is -2.25. The van der Waals surface area contributed by atoms with Gasteiger partial charge in [-0.15, -0.1) is 0 Å². The molecule has 0 unspecified atom stereocenters. The first kappa shape index (κ1) is 14.1. The van der Waals surface area contributed by atoms with Gasteiger partial charge >= 0.3 is 0 Å². The number of nitrogens with one attached hydrogen (secondary N) is 1. The Morgan fingerprint density at radius 1 is 1.24 bits per heavy atom. The molecular weight excluding hydrogens is 284 g/mol. The van der Waals surface area contributed by atoms with Crippen molar-refractivity contribution < 1.29 is 4.74 Å². The van der Waals surface area contributed by atoms with Crippen LogP contribution in [0.4, 0.5) is 11.4 Å². The molecule has 2 aromatic rings. The van der Waals surface area contributed by atoms with E-state index in [0.29, 0.717) is 0 Å². The fraction of sp³-hybridized carbons (Fsp3) is 0.294. The van der Waals surface area contributed by atoms with Crippen molar-refractivity contribution in [1.82, 2.24) is 0 Å². The van der Waals surface area contributed by atoms with Gasteiger partial charge in [0.15, 0.2) is 0 Å². The Morgan fingerprint density at radius 3 is 2.95 bits per heavy atom. The number of ether oxygens (including phenoxy) is 1. The van der Waals surface area contributed by atoms with Crippen molar-refractivity contribution in [3.63, 3.8) is 0 Å². The third kappa shape index (κ3) is 3.08. The molecule has 0 bridgehead atoms. The molecule has 0 fully saturated rings. The Hall–Kier alpha value is -1.87. The van der Waals surface area contributed by atoms with Gasteiger partial charge in [-0.05, 0) is 36.8 Å². The summed E-state index contributed by atoms with van der Waals surface area (Å²) < 4.78 is 5.46. The number of anilines is 2. The zero-order valence-electron chi connectivity index (χ0n) is 12.1. The van der Waals surface area contributed by atoms with Gasteiger partial charge in [0.25, 0.3) is 0 Å². The number of benzene rings is 2. The van der Waals surface area contributed by atoms with Crippen molar-refractivity contribution in [3.05, 3.63) is 53.1 Å². The molecule has 1 N–H and O–H groups in total. The van der Waals surface area contributed by atoms with Crippen LogP contribution in [-0.4, -0.2) is 20.2 Å². The number of nitrogens with zero attached hydrogens (tertiary/aromatic N) is 1. The molecule has 1 aliphatic heterocycles. The second-order valence-electron chi connectivity index (χ2n) is 5.18. The van der Waals surface area contributed by atoms with Gasteiger partial charge in [-0.2, -0.15) is 0 Å². The first-order chi connectivity index (χ1) is 10.3. The van der Waals surface area contributed by atoms with Crippen LogP contribution in [0.5, 0.6) is 5.75 Å². The number of para-hydroxylation sites is 2. The summed E-state index contributed by atoms with van der Waals surface area (Å²) in [6, 6.07) is 14.2. The van der Waals surface area contributed by atoms with E-state index in [1.54, 1.807) is 7.11 Å². The molecule has 0 atom stereocenters. The lowest BCUT2D eigenvalue weighted by Crippen LogP contribution is -2.23. The summed E-state index contributed by atoms with van der Waals surface area (Å²) in [6.45, 7) is 2.81. The molecule has 110 valence electrons. The number of hydrogen-bond donors (Lipinski definition) is 1. The standard InChI is InChI=1S/C17H19ClN2O/c1-21-17-8-7-14(18)11-13(17)12-20-10-4-9-19-15-5-2-3-6-16(15)20/h2-3,5-8,11,19H,4,9-10,12H2,1H3. The number of halogens is 1. The minimum Gasteiger partial charge on any atom is -0.496 e. The lowest BCUT2D eigenvalue weighted by atomic mass is 10.1. The summed E-state index contributed by atoms with van der Waals surface area (Å²) in [5.41, 5.74) is 3.54. The minimum atomic E-state index is 0.743. The maximum absolute atomic E-state index is 6.14. The fourth-order valence-corrected chi connectivity index (χ4v) is 2.95. The summed E-state index contributed by atoms with van der Waals surface area (Å²) >= 11 is 6.14. The molecule has 0 aliphatic carbocycles. The van der Waals surface area contributed by atoms with Crippen LogP contribution in [0.25, 0.3) is 0 Å². The maximum atomic E-state index is 6.14. The van der Waals surface area contributed by atoms with Crippen LogP contribution in [-0.2, 0) is 6.54 Å². The third-order valence-electron chi connectivity index (χ3n) is 3.77. The Kier molecular flexibility index (Phi) is 4.20. The molecule has 0 saturated heterocycles. The predicted molar refractivity (Wildman–Crippen MR) is 88.6 cm³/mol. The molecule has 0 radical (unpaired) electrons. The third-order valence-corrected chi connectivity index (χ3v) is 4.00. The van der Waals surface area contributed by atoms with Gasteiger partial charge in [0.1, 0.15) is 5.75 Å². The highest BCUT2D eigenvalue weighted by Crippen LogP contribution is 2.31. The van der Waals surface area contributed by atoms with E-state index in [-0.39, 0.29) is 0 Å². The Morgan fingerprint density at radius 2 is 2.10 bits per heavy atom. The predicted octanol–water partition coefficient (Wildman–Crippen LogP) is 4.17. The zero-order valence-corrected chi connectivity index (χ0v) is 12.9. The highest BCUT2D eigenvalue weighted by molar-refractivity contribution is 6.30. The average Bonchev–Trinajstić information content (AvgIpc) is 2.70. The van der Waals surface area contributed by atoms with Gasteiger partial charge in [-0.1, -0.05) is 23.7 Å². The molecule has 3 nitrogen and oxygen atoms in total. The summed E-state index contributed by atoms with van der Waals surface area (Å²) in [7, 11) is 1.70. The molecule has 1 aliphatic rings. The molecule has 0 saturated carbocycles. The smallest absolute Gasteiger partial charge is 0.123 e.